The number of nitrogens with zero attached hydrogens (tertiary/aromatic N) is 4. The number of carbonyl (C=O) groups excluding carboxylic acids is 2. The molecule has 7 nitrogen and oxygen atoms in total. The molecule has 5 rings (SSSR count). The minimum absolute atomic E-state index is 0.0312. The van der Waals surface area contributed by atoms with Gasteiger partial charge in [0.05, 0.1) is 6.57 Å². The lowest BCUT2D eigenvalue weighted by molar-refractivity contribution is -0.123. The third-order valence-corrected chi connectivity index (χ3v) is 7.43. The maximum atomic E-state index is 15.2. The first-order valence-electron chi connectivity index (χ1n) is 11.6. The number of hydrogen-bond donors (Lipinski definition) is 1. The maximum absolute atomic E-state index is 15.2. The smallest absolute Gasteiger partial charge is 0.268 e. The van der Waals surface area contributed by atoms with Crippen molar-refractivity contribution in [1.29, 1.82) is 0 Å². The third kappa shape index (κ3) is 3.65. The van der Waals surface area contributed by atoms with Gasteiger partial charge in [0.15, 0.2) is 10.8 Å². The van der Waals surface area contributed by atoms with E-state index >= 15 is 4.39 Å². The molecule has 1 saturated carbocycles. The summed E-state index contributed by atoms with van der Waals surface area (Å²) in [7, 11) is 1.77. The monoisotopic (exact) mass is 501 g/mol. The molecule has 1 aromatic heterocycles. The Morgan fingerprint density at radius 2 is 1.94 bits per heavy atom. The number of anilines is 2. The molecule has 182 valence electrons. The molecule has 3 aromatic rings. The summed E-state index contributed by atoms with van der Waals surface area (Å²) in [5.74, 6) is -0.908. The second kappa shape index (κ2) is 8.88. The number of carbonyl (C=O) groups is 2. The Kier molecular flexibility index (Phi) is 5.85. The Morgan fingerprint density at radius 3 is 2.53 bits per heavy atom. The van der Waals surface area contributed by atoms with E-state index in [1.165, 1.54) is 11.0 Å². The van der Waals surface area contributed by atoms with Gasteiger partial charge in [0, 0.05) is 36.7 Å². The van der Waals surface area contributed by atoms with Crippen LogP contribution in [0.15, 0.2) is 54.7 Å². The Hall–Kier alpha value is -4.03. The second-order valence-electron chi connectivity index (χ2n) is 9.19. The fourth-order valence-corrected chi connectivity index (χ4v) is 5.36. The summed E-state index contributed by atoms with van der Waals surface area (Å²) in [5, 5.41) is 3.04. The zero-order valence-electron chi connectivity index (χ0n) is 19.9. The van der Waals surface area contributed by atoms with E-state index in [0.717, 1.165) is 12.0 Å². The van der Waals surface area contributed by atoms with E-state index in [2.05, 4.69) is 10.2 Å². The molecule has 1 aliphatic carbocycles. The minimum atomic E-state index is -0.835. The highest BCUT2D eigenvalue weighted by Gasteiger charge is 2.59. The maximum Gasteiger partial charge on any atom is 0.268 e. The van der Waals surface area contributed by atoms with Gasteiger partial charge < -0.3 is 14.8 Å². The van der Waals surface area contributed by atoms with Gasteiger partial charge in [-0.2, -0.15) is 0 Å². The summed E-state index contributed by atoms with van der Waals surface area (Å²) >= 11 is 5.76. The van der Waals surface area contributed by atoms with Crippen LogP contribution in [-0.2, 0) is 18.4 Å². The van der Waals surface area contributed by atoms with Crippen molar-refractivity contribution in [2.45, 2.75) is 38.3 Å². The van der Waals surface area contributed by atoms with Crippen molar-refractivity contribution in [3.63, 3.8) is 0 Å². The van der Waals surface area contributed by atoms with Crippen LogP contribution in [0.5, 0.6) is 0 Å². The van der Waals surface area contributed by atoms with Gasteiger partial charge in [-0.25, -0.2) is 9.24 Å². The van der Waals surface area contributed by atoms with Crippen molar-refractivity contribution >= 4 is 46.2 Å². The molecule has 2 amide bonds. The van der Waals surface area contributed by atoms with Gasteiger partial charge in [-0.1, -0.05) is 12.1 Å². The van der Waals surface area contributed by atoms with Crippen molar-refractivity contribution in [3.05, 3.63) is 88.8 Å². The van der Waals surface area contributed by atoms with Crippen molar-refractivity contribution in [2.75, 3.05) is 9.80 Å². The van der Waals surface area contributed by atoms with Crippen LogP contribution in [0.25, 0.3) is 4.85 Å². The Morgan fingerprint density at radius 1 is 1.19 bits per heavy atom. The van der Waals surface area contributed by atoms with Gasteiger partial charge >= 0.3 is 0 Å². The lowest BCUT2D eigenvalue weighted by atomic mass is 9.75. The summed E-state index contributed by atoms with van der Waals surface area (Å²) in [5.41, 5.74) is 2.36. The lowest BCUT2D eigenvalue weighted by Gasteiger charge is -2.43. The molecule has 1 aliphatic heterocycles. The van der Waals surface area contributed by atoms with E-state index in [1.54, 1.807) is 65.2 Å². The Bertz CT molecular complexity index is 1450. The first kappa shape index (κ1) is 23.7. The van der Waals surface area contributed by atoms with Gasteiger partial charge in [0.2, 0.25) is 0 Å². The standard InChI is InChI=1S/C27H24FN5O2S/c1-17-14-19(9-10-22(17)29-2)32-25(35)27(11-5-12-27)33(26(32)36)20-8-7-18(21(28)15-20)16-30-24(34)23-6-4-13-31(23)3/h4,6-10,13-15H,5,11-12,16H2,1,3H3,(H,30,34). The lowest BCUT2D eigenvalue weighted by Crippen LogP contribution is -2.55. The summed E-state index contributed by atoms with van der Waals surface area (Å²) in [6.45, 7) is 9.13. The highest BCUT2D eigenvalue weighted by atomic mass is 32.1. The number of amides is 2. The number of hydrogen-bond acceptors (Lipinski definition) is 3. The number of benzene rings is 2. The van der Waals surface area contributed by atoms with Crippen molar-refractivity contribution < 1.29 is 14.0 Å². The van der Waals surface area contributed by atoms with E-state index in [4.69, 9.17) is 18.8 Å². The molecular formula is C27H24FN5O2S. The van der Waals surface area contributed by atoms with E-state index < -0.39 is 11.4 Å². The fraction of sp³-hybridized carbons (Fsp3) is 0.259. The highest BCUT2D eigenvalue weighted by molar-refractivity contribution is 7.81. The van der Waals surface area contributed by atoms with Crippen LogP contribution in [0.3, 0.4) is 0 Å². The molecule has 1 saturated heterocycles. The van der Waals surface area contributed by atoms with Gasteiger partial charge in [0.1, 0.15) is 17.1 Å². The van der Waals surface area contributed by atoms with Gasteiger partial charge in [-0.05, 0) is 80.4 Å². The average Bonchev–Trinajstić information content (AvgIpc) is 3.35. The molecule has 2 heterocycles. The highest BCUT2D eigenvalue weighted by Crippen LogP contribution is 2.48. The van der Waals surface area contributed by atoms with Gasteiger partial charge in [-0.15, -0.1) is 0 Å². The molecule has 0 atom stereocenters. The predicted octanol–water partition coefficient (Wildman–Crippen LogP) is 5.01. The van der Waals surface area contributed by atoms with E-state index in [-0.39, 0.29) is 18.4 Å². The topological polar surface area (TPSA) is 61.9 Å². The van der Waals surface area contributed by atoms with Crippen LogP contribution >= 0.6 is 12.2 Å². The van der Waals surface area contributed by atoms with E-state index in [9.17, 15) is 9.59 Å². The quantitative estimate of drug-likeness (QED) is 0.394. The van der Waals surface area contributed by atoms with Crippen LogP contribution in [0.1, 0.15) is 40.9 Å². The number of rotatable bonds is 5. The van der Waals surface area contributed by atoms with Crippen LogP contribution in [0, 0.1) is 19.3 Å². The zero-order chi connectivity index (χ0) is 25.6. The van der Waals surface area contributed by atoms with Gasteiger partial charge in [0.25, 0.3) is 11.8 Å². The molecule has 1 N–H and O–H groups in total. The van der Waals surface area contributed by atoms with Crippen LogP contribution in [0.4, 0.5) is 21.5 Å². The number of aryl methyl sites for hydroxylation is 2. The summed E-state index contributed by atoms with van der Waals surface area (Å²) in [4.78, 5) is 32.8. The molecule has 0 unspecified atom stereocenters. The molecule has 9 heteroatoms. The molecule has 2 fully saturated rings. The second-order valence-corrected chi connectivity index (χ2v) is 9.55. The number of thiocarbonyl (C=S) groups is 1. The van der Waals surface area contributed by atoms with Crippen LogP contribution in [-0.4, -0.2) is 27.0 Å². The zero-order valence-corrected chi connectivity index (χ0v) is 20.7. The first-order valence-corrected chi connectivity index (χ1v) is 12.0. The van der Waals surface area contributed by atoms with E-state index in [0.29, 0.717) is 46.3 Å². The van der Waals surface area contributed by atoms with Gasteiger partial charge in [-0.3, -0.25) is 14.5 Å². The van der Waals surface area contributed by atoms with Crippen molar-refractivity contribution in [2.24, 2.45) is 7.05 Å². The molecule has 0 radical (unpaired) electrons. The van der Waals surface area contributed by atoms with Crippen LogP contribution < -0.4 is 15.1 Å². The fourth-order valence-electron chi connectivity index (χ4n) is 4.89. The normalized spacial score (nSPS) is 16.3. The summed E-state index contributed by atoms with van der Waals surface area (Å²) in [6.07, 6.45) is 3.89. The molecule has 36 heavy (non-hydrogen) atoms. The first-order chi connectivity index (χ1) is 17.3. The van der Waals surface area contributed by atoms with Crippen molar-refractivity contribution in [1.82, 2.24) is 9.88 Å². The summed E-state index contributed by atoms with van der Waals surface area (Å²) in [6, 6.07) is 13.4. The molecule has 2 aliphatic rings. The molecule has 0 bridgehead atoms. The van der Waals surface area contributed by atoms with Crippen molar-refractivity contribution in [3.8, 4) is 0 Å². The molecular weight excluding hydrogens is 477 g/mol. The van der Waals surface area contributed by atoms with Crippen LogP contribution in [0.2, 0.25) is 0 Å². The SMILES string of the molecule is [C-]#[N+]c1ccc(N2C(=O)C3(CCC3)N(c3ccc(CNC(=O)c4cccn4C)c(F)c3)C2=S)cc1C. The number of nitrogens with one attached hydrogen (secondary N) is 1. The average molecular weight is 502 g/mol. The molecule has 1 spiro atoms. The number of aromatic nitrogens is 1. The third-order valence-electron chi connectivity index (χ3n) is 7.06. The predicted molar refractivity (Wildman–Crippen MR) is 140 cm³/mol. The Labute approximate surface area is 213 Å². The summed E-state index contributed by atoms with van der Waals surface area (Å²) < 4.78 is 16.9. The largest absolute Gasteiger partial charge is 0.347 e. The number of halogens is 1. The minimum Gasteiger partial charge on any atom is -0.347 e. The Balaban J connectivity index is 1.42. The molecule has 2 aromatic carbocycles. The van der Waals surface area contributed by atoms with E-state index in [1.807, 2.05) is 6.92 Å².